The number of hydrogen-bond donors (Lipinski definition) is 5. The summed E-state index contributed by atoms with van der Waals surface area (Å²) in [6, 6.07) is 4.61. The fraction of sp³-hybridized carbons (Fsp3) is 0.368. The van der Waals surface area contributed by atoms with Crippen LogP contribution in [0.15, 0.2) is 85.4 Å². The van der Waals surface area contributed by atoms with E-state index in [1.165, 1.54) is 19.6 Å². The number of amides is 4. The number of nitrogens with zero attached hydrogens (tertiary/aromatic N) is 7. The highest BCUT2D eigenvalue weighted by Gasteiger charge is 2.33. The molecule has 0 radical (unpaired) electrons. The van der Waals surface area contributed by atoms with E-state index < -0.39 is 36.4 Å². The average Bonchev–Trinajstić information content (AvgIpc) is 4.42. The Kier molecular flexibility index (Phi) is 12.0. The molecule has 7 N–H and O–H groups in total. The van der Waals surface area contributed by atoms with Crippen molar-refractivity contribution in [2.24, 2.45) is 18.9 Å². The van der Waals surface area contributed by atoms with Crippen molar-refractivity contribution in [2.45, 2.75) is 91.8 Å². The zero-order chi connectivity index (χ0) is 57.6. The molecule has 10 rings (SSSR count). The molecule has 6 aromatic rings. The van der Waals surface area contributed by atoms with E-state index in [0.717, 1.165) is 90.8 Å². The van der Waals surface area contributed by atoms with E-state index in [-0.39, 0.29) is 57.9 Å². The molecule has 16 nitrogen and oxygen atoms in total. The fourth-order valence-electron chi connectivity index (χ4n) is 10.4. The van der Waals surface area contributed by atoms with Crippen LogP contribution in [0.25, 0.3) is 55.7 Å². The highest BCUT2D eigenvalue weighted by Crippen LogP contribution is 2.45. The lowest BCUT2D eigenvalue weighted by Crippen LogP contribution is -2.34. The van der Waals surface area contributed by atoms with Crippen molar-refractivity contribution in [3.8, 4) is 22.5 Å². The summed E-state index contributed by atoms with van der Waals surface area (Å²) >= 11 is 0. The SMILES string of the molecule is [2H]C1=C(c2c(-c3ccc(NC(=O)C(=C)C)cc3C)n(C)c3ncnc(N)c23)CC[C@@H](C(=O)N2CCCC2)C1.[2H]c1c([2H])c(-c2[nH]c3ncnc(N)c3c2C2=CC[C@H](C(=O)N3CCCC3)CC2)c(C([2H])([2H])[2H])c([2H])c1NC(=O)C(=C)C. The molecule has 4 aromatic heterocycles. The number of aryl methyl sites for hydroxylation is 2. The highest BCUT2D eigenvalue weighted by molar-refractivity contribution is 6.07. The summed E-state index contributed by atoms with van der Waals surface area (Å²) in [6.07, 6.45) is 12.0. The van der Waals surface area contributed by atoms with Crippen molar-refractivity contribution in [3.05, 3.63) is 108 Å². The maximum Gasteiger partial charge on any atom is 0.250 e. The first-order valence-corrected chi connectivity index (χ1v) is 24.8. The van der Waals surface area contributed by atoms with Crippen molar-refractivity contribution in [1.82, 2.24) is 39.3 Å². The highest BCUT2D eigenvalue weighted by atomic mass is 16.2. The lowest BCUT2D eigenvalue weighted by Gasteiger charge is -2.26. The molecule has 0 bridgehead atoms. The molecule has 0 saturated carbocycles. The van der Waals surface area contributed by atoms with Crippen LogP contribution in [0.2, 0.25) is 0 Å². The van der Waals surface area contributed by atoms with Crippen LogP contribution in [0.3, 0.4) is 0 Å². The molecular formula is C57H66N12O4. The van der Waals surface area contributed by atoms with Crippen LogP contribution in [0, 0.1) is 25.6 Å². The van der Waals surface area contributed by atoms with Gasteiger partial charge >= 0.3 is 0 Å². The van der Waals surface area contributed by atoms with Crippen LogP contribution >= 0.6 is 0 Å². The first-order chi connectivity index (χ1) is 38.0. The monoisotopic (exact) mass is 990 g/mol. The third-order valence-electron chi connectivity index (χ3n) is 14.3. The lowest BCUT2D eigenvalue weighted by atomic mass is 9.84. The smallest absolute Gasteiger partial charge is 0.250 e. The summed E-state index contributed by atoms with van der Waals surface area (Å²) in [5, 5.41) is 6.41. The largest absolute Gasteiger partial charge is 0.383 e. The van der Waals surface area contributed by atoms with Crippen molar-refractivity contribution >= 4 is 79.9 Å². The molecule has 2 atom stereocenters. The van der Waals surface area contributed by atoms with Gasteiger partial charge in [-0.05, 0) is 138 Å². The standard InChI is InChI=1S/C29H34N6O2.C28H32N6O2/c1-17(2)28(36)33-21-11-12-22(18(3)15-21)25-23(24-26(30)31-16-32-27(24)34(25)4)19-7-9-20(10-8-19)29(37)35-13-5-6-14-35;1-16(2)27(35)32-20-10-11-21(17(3)14-20)24-22(23-25(29)30-15-31-26(23)33-24)18-6-8-19(9-7-18)28(36)34-12-4-5-13-34/h7,11-12,15-16,20H,1,5-6,8-10,13-14H2,2-4H3,(H,33,36)(H2,30,31,32);6,10-11,14-15,19H,1,4-5,7-9,12-13H2,2-3H3,(H,32,35)(H3,29,30,31,33)/t20-;19-/m00/s1/i7D;3D3,10D,11D,14D. The van der Waals surface area contributed by atoms with E-state index in [2.05, 4.69) is 48.7 Å². The molecule has 2 aromatic carbocycles. The minimum absolute atomic E-state index is 0.0950. The number of nitrogens with one attached hydrogen (secondary N) is 3. The van der Waals surface area contributed by atoms with Crippen LogP contribution < -0.4 is 22.1 Å². The van der Waals surface area contributed by atoms with Gasteiger partial charge in [0, 0.05) is 93.9 Å². The van der Waals surface area contributed by atoms with Gasteiger partial charge in [0.1, 0.15) is 35.6 Å². The zero-order valence-electron chi connectivity index (χ0n) is 48.9. The Balaban J connectivity index is 0.000000195. The molecule has 4 amide bonds. The van der Waals surface area contributed by atoms with Gasteiger partial charge in [-0.25, -0.2) is 19.9 Å². The number of likely N-dealkylation sites (tertiary alicyclic amines) is 2. The number of aromatic amines is 1. The molecule has 4 aliphatic rings. The van der Waals surface area contributed by atoms with Gasteiger partial charge in [0.05, 0.1) is 27.6 Å². The van der Waals surface area contributed by atoms with E-state index in [1.54, 1.807) is 6.92 Å². The number of nitrogen functional groups attached to an aromatic ring is 2. The summed E-state index contributed by atoms with van der Waals surface area (Å²) < 4.78 is 62.3. The summed E-state index contributed by atoms with van der Waals surface area (Å²) in [5.74, 6) is -0.439. The average molecular weight is 990 g/mol. The zero-order valence-corrected chi connectivity index (χ0v) is 41.9. The van der Waals surface area contributed by atoms with Crippen molar-refractivity contribution in [1.29, 1.82) is 0 Å². The molecule has 2 fully saturated rings. The second-order valence-electron chi connectivity index (χ2n) is 19.5. The van der Waals surface area contributed by atoms with E-state index >= 15 is 0 Å². The predicted molar refractivity (Wildman–Crippen MR) is 291 cm³/mol. The molecule has 6 heterocycles. The Morgan fingerprint density at radius 1 is 0.753 bits per heavy atom. The van der Waals surface area contributed by atoms with Gasteiger partial charge in [0.25, 0.3) is 11.8 Å². The van der Waals surface area contributed by atoms with E-state index in [0.29, 0.717) is 83.9 Å². The molecule has 16 heteroatoms. The number of aromatic nitrogens is 6. The number of fused-ring (bicyclic) bond motifs is 2. The number of H-pyrrole nitrogens is 1. The summed E-state index contributed by atoms with van der Waals surface area (Å²) in [6.45, 7) is 12.6. The Morgan fingerprint density at radius 2 is 1.36 bits per heavy atom. The first kappa shape index (κ1) is 41.7. The molecule has 2 saturated heterocycles. The maximum absolute atomic E-state index is 13.1. The van der Waals surface area contributed by atoms with E-state index in [1.807, 2.05) is 52.6 Å². The number of benzene rings is 2. The summed E-state index contributed by atoms with van der Waals surface area (Å²) in [4.78, 5) is 74.8. The Labute approximate surface area is 436 Å². The van der Waals surface area contributed by atoms with Gasteiger partial charge in [-0.15, -0.1) is 0 Å². The number of anilines is 4. The van der Waals surface area contributed by atoms with Gasteiger partial charge in [-0.1, -0.05) is 37.4 Å². The molecule has 0 unspecified atom stereocenters. The lowest BCUT2D eigenvalue weighted by molar-refractivity contribution is -0.135. The first-order valence-electron chi connectivity index (χ1n) is 28.3. The van der Waals surface area contributed by atoms with E-state index in [9.17, 15) is 19.2 Å². The van der Waals surface area contributed by atoms with Gasteiger partial charge in [-0.3, -0.25) is 19.2 Å². The topological polar surface area (TPSA) is 223 Å². The van der Waals surface area contributed by atoms with Crippen LogP contribution in [0.1, 0.15) is 110 Å². The molecule has 0 spiro atoms. The molecule has 378 valence electrons. The molecule has 2 aliphatic heterocycles. The Morgan fingerprint density at radius 3 is 1.96 bits per heavy atom. The van der Waals surface area contributed by atoms with E-state index in [4.69, 9.17) is 21.1 Å². The van der Waals surface area contributed by atoms with Crippen LogP contribution in [-0.4, -0.2) is 89.1 Å². The van der Waals surface area contributed by atoms with Crippen LogP contribution in [-0.2, 0) is 26.2 Å². The van der Waals surface area contributed by atoms with Gasteiger partial charge in [0.2, 0.25) is 11.8 Å². The minimum Gasteiger partial charge on any atom is -0.383 e. The normalized spacial score (nSPS) is 19.4. The second kappa shape index (κ2) is 21.1. The third kappa shape index (κ3) is 10.2. The van der Waals surface area contributed by atoms with Crippen molar-refractivity contribution in [3.63, 3.8) is 0 Å². The summed E-state index contributed by atoms with van der Waals surface area (Å²) in [5.41, 5.74) is 19.8. The summed E-state index contributed by atoms with van der Waals surface area (Å²) in [7, 11) is 1.94. The molecular weight excluding hydrogens is 917 g/mol. The molecule has 2 aliphatic carbocycles. The Bertz CT molecular complexity index is 3620. The Hall–Kier alpha value is -7.88. The number of hydrogen-bond acceptors (Lipinski definition) is 10. The fourth-order valence-corrected chi connectivity index (χ4v) is 10.4. The quantitative estimate of drug-likeness (QED) is 0.0817. The number of nitrogens with two attached hydrogens (primary N) is 2. The van der Waals surface area contributed by atoms with Gasteiger partial charge in [-0.2, -0.15) is 0 Å². The molecule has 73 heavy (non-hydrogen) atoms. The number of carbonyl (C=O) groups excluding carboxylic acids is 4. The number of allylic oxidation sites excluding steroid dienone is 4. The predicted octanol–water partition coefficient (Wildman–Crippen LogP) is 9.68. The van der Waals surface area contributed by atoms with Crippen molar-refractivity contribution in [2.75, 3.05) is 48.3 Å². The van der Waals surface area contributed by atoms with Gasteiger partial charge < -0.3 is 41.5 Å². The van der Waals surface area contributed by atoms with Crippen LogP contribution in [0.4, 0.5) is 23.0 Å². The van der Waals surface area contributed by atoms with Crippen molar-refractivity contribution < 1.29 is 28.8 Å². The maximum atomic E-state index is 13.1. The number of rotatable bonds is 10. The van der Waals surface area contributed by atoms with Crippen LogP contribution in [0.5, 0.6) is 0 Å². The number of carbonyl (C=O) groups is 4. The third-order valence-corrected chi connectivity index (χ3v) is 14.3. The minimum atomic E-state index is -2.89. The second-order valence-corrected chi connectivity index (χ2v) is 19.5. The van der Waals surface area contributed by atoms with Gasteiger partial charge in [0.15, 0.2) is 0 Å².